The molecule has 1 amide bonds. The van der Waals surface area contributed by atoms with E-state index >= 15 is 0 Å². The summed E-state index contributed by atoms with van der Waals surface area (Å²) >= 11 is 6.22. The highest BCUT2D eigenvalue weighted by molar-refractivity contribution is 6.31. The van der Waals surface area contributed by atoms with Gasteiger partial charge in [-0.05, 0) is 24.5 Å². The first-order chi connectivity index (χ1) is 12.1. The number of hydrogen-bond acceptors (Lipinski definition) is 2. The molecule has 0 saturated heterocycles. The van der Waals surface area contributed by atoms with Crippen molar-refractivity contribution in [2.45, 2.75) is 38.6 Å². The second kappa shape index (κ2) is 10.3. The summed E-state index contributed by atoms with van der Waals surface area (Å²) < 4.78 is 0. The van der Waals surface area contributed by atoms with Gasteiger partial charge in [0.1, 0.15) is 0 Å². The molecule has 5 nitrogen and oxygen atoms in total. The molecule has 1 aromatic carbocycles. The van der Waals surface area contributed by atoms with Crippen molar-refractivity contribution in [1.82, 2.24) is 15.5 Å². The summed E-state index contributed by atoms with van der Waals surface area (Å²) in [5.74, 6) is 1.18. The summed E-state index contributed by atoms with van der Waals surface area (Å²) in [5.41, 5.74) is 1.06. The average Bonchev–Trinajstić information content (AvgIpc) is 2.64. The van der Waals surface area contributed by atoms with Crippen LogP contribution in [0.2, 0.25) is 5.02 Å². The number of benzene rings is 1. The van der Waals surface area contributed by atoms with Crippen LogP contribution in [0.1, 0.15) is 37.7 Å². The Balaban J connectivity index is 1.72. The van der Waals surface area contributed by atoms with E-state index in [2.05, 4.69) is 15.6 Å². The van der Waals surface area contributed by atoms with E-state index < -0.39 is 0 Å². The molecule has 1 aliphatic carbocycles. The smallest absolute Gasteiger partial charge is 0.223 e. The van der Waals surface area contributed by atoms with Crippen molar-refractivity contribution in [2.24, 2.45) is 10.9 Å². The molecule has 0 atom stereocenters. The average molecular weight is 365 g/mol. The molecule has 0 bridgehead atoms. The van der Waals surface area contributed by atoms with Crippen molar-refractivity contribution in [1.29, 1.82) is 0 Å². The fraction of sp³-hybridized carbons (Fsp3) is 0.579. The Bertz CT molecular complexity index is 585. The predicted molar refractivity (Wildman–Crippen MR) is 104 cm³/mol. The van der Waals surface area contributed by atoms with Crippen LogP contribution in [0, 0.1) is 5.92 Å². The van der Waals surface area contributed by atoms with E-state index in [1.807, 2.05) is 36.2 Å². The first-order valence-corrected chi connectivity index (χ1v) is 9.42. The maximum absolute atomic E-state index is 12.1. The molecule has 0 radical (unpaired) electrons. The van der Waals surface area contributed by atoms with Gasteiger partial charge in [0.05, 0.1) is 0 Å². The molecule has 2 rings (SSSR count). The first kappa shape index (κ1) is 19.6. The number of nitrogens with zero attached hydrogens (tertiary/aromatic N) is 2. The monoisotopic (exact) mass is 364 g/mol. The van der Waals surface area contributed by atoms with Crippen LogP contribution in [0.15, 0.2) is 29.3 Å². The van der Waals surface area contributed by atoms with Crippen molar-refractivity contribution in [3.63, 3.8) is 0 Å². The molecule has 0 aliphatic heterocycles. The molecule has 1 aromatic rings. The fourth-order valence-electron chi connectivity index (χ4n) is 3.21. The lowest BCUT2D eigenvalue weighted by molar-refractivity contribution is -0.125. The lowest BCUT2D eigenvalue weighted by Gasteiger charge is -2.23. The largest absolute Gasteiger partial charge is 0.354 e. The predicted octanol–water partition coefficient (Wildman–Crippen LogP) is 3.04. The number of rotatable bonds is 6. The molecule has 6 heteroatoms. The number of aliphatic imine (C=N–C) groups is 1. The minimum absolute atomic E-state index is 0.195. The van der Waals surface area contributed by atoms with Gasteiger partial charge in [-0.3, -0.25) is 9.79 Å². The molecule has 0 heterocycles. The number of carbonyl (C=O) groups excluding carboxylic acids is 1. The van der Waals surface area contributed by atoms with Crippen LogP contribution in [0.25, 0.3) is 0 Å². The third-order valence-electron chi connectivity index (χ3n) is 4.62. The van der Waals surface area contributed by atoms with E-state index in [9.17, 15) is 4.79 Å². The maximum atomic E-state index is 12.1. The molecule has 138 valence electrons. The molecule has 0 spiro atoms. The van der Waals surface area contributed by atoms with E-state index in [1.165, 1.54) is 19.3 Å². The summed E-state index contributed by atoms with van der Waals surface area (Å²) in [5, 5.41) is 7.07. The number of halogens is 1. The molecule has 1 fully saturated rings. The van der Waals surface area contributed by atoms with Crippen molar-refractivity contribution in [3.8, 4) is 0 Å². The Kier molecular flexibility index (Phi) is 8.06. The minimum atomic E-state index is 0.195. The highest BCUT2D eigenvalue weighted by Crippen LogP contribution is 2.23. The Morgan fingerprint density at radius 1 is 1.20 bits per heavy atom. The third-order valence-corrected chi connectivity index (χ3v) is 4.99. The van der Waals surface area contributed by atoms with E-state index in [-0.39, 0.29) is 11.8 Å². The van der Waals surface area contributed by atoms with Gasteiger partial charge in [-0.25, -0.2) is 0 Å². The van der Waals surface area contributed by atoms with E-state index in [0.29, 0.717) is 19.6 Å². The molecule has 1 aliphatic rings. The third kappa shape index (κ3) is 6.24. The van der Waals surface area contributed by atoms with Gasteiger partial charge in [-0.15, -0.1) is 0 Å². The summed E-state index contributed by atoms with van der Waals surface area (Å²) in [6.07, 6.45) is 5.67. The quantitative estimate of drug-likeness (QED) is 0.463. The molecule has 0 aromatic heterocycles. The second-order valence-electron chi connectivity index (χ2n) is 6.55. The van der Waals surface area contributed by atoms with Crippen LogP contribution in [0.3, 0.4) is 0 Å². The summed E-state index contributed by atoms with van der Waals surface area (Å²) in [7, 11) is 3.73. The van der Waals surface area contributed by atoms with E-state index in [4.69, 9.17) is 11.6 Å². The van der Waals surface area contributed by atoms with Gasteiger partial charge < -0.3 is 15.5 Å². The SMILES string of the molecule is CN=C(NCCNC(=O)C1CCCCC1)N(C)Cc1ccccc1Cl. The zero-order valence-corrected chi connectivity index (χ0v) is 16.0. The van der Waals surface area contributed by atoms with E-state index in [0.717, 1.165) is 29.4 Å². The lowest BCUT2D eigenvalue weighted by Crippen LogP contribution is -2.43. The standard InChI is InChI=1S/C19H29ClN4O/c1-21-19(24(2)14-16-10-6-7-11-17(16)20)23-13-12-22-18(25)15-8-4-3-5-9-15/h6-7,10-11,15H,3-5,8-9,12-14H2,1-2H3,(H,21,23)(H,22,25). The highest BCUT2D eigenvalue weighted by Gasteiger charge is 2.20. The molecule has 25 heavy (non-hydrogen) atoms. The number of nitrogens with one attached hydrogen (secondary N) is 2. The summed E-state index contributed by atoms with van der Waals surface area (Å²) in [4.78, 5) is 18.4. The van der Waals surface area contributed by atoms with Crippen molar-refractivity contribution in [3.05, 3.63) is 34.9 Å². The Morgan fingerprint density at radius 2 is 1.88 bits per heavy atom. The van der Waals surface area contributed by atoms with Crippen LogP contribution in [-0.2, 0) is 11.3 Å². The maximum Gasteiger partial charge on any atom is 0.223 e. The number of amides is 1. The zero-order chi connectivity index (χ0) is 18.1. The number of guanidine groups is 1. The molecule has 2 N–H and O–H groups in total. The van der Waals surface area contributed by atoms with Gasteiger partial charge in [-0.1, -0.05) is 49.1 Å². The van der Waals surface area contributed by atoms with Crippen LogP contribution in [0.5, 0.6) is 0 Å². The van der Waals surface area contributed by atoms with Crippen LogP contribution >= 0.6 is 11.6 Å². The Morgan fingerprint density at radius 3 is 2.56 bits per heavy atom. The number of carbonyl (C=O) groups is 1. The van der Waals surface area contributed by atoms with Gasteiger partial charge in [0.2, 0.25) is 5.91 Å². The van der Waals surface area contributed by atoms with Crippen LogP contribution in [0.4, 0.5) is 0 Å². The molecular formula is C19H29ClN4O. The normalized spacial score (nSPS) is 15.7. The van der Waals surface area contributed by atoms with Crippen LogP contribution in [-0.4, -0.2) is 44.0 Å². The molecular weight excluding hydrogens is 336 g/mol. The van der Waals surface area contributed by atoms with Crippen LogP contribution < -0.4 is 10.6 Å². The Hall–Kier alpha value is -1.75. The molecule has 1 saturated carbocycles. The fourth-order valence-corrected chi connectivity index (χ4v) is 3.41. The number of hydrogen-bond donors (Lipinski definition) is 2. The summed E-state index contributed by atoms with van der Waals surface area (Å²) in [6.45, 7) is 1.93. The Labute approximate surface area is 155 Å². The molecule has 0 unspecified atom stereocenters. The van der Waals surface area contributed by atoms with Gasteiger partial charge in [0, 0.05) is 44.7 Å². The second-order valence-corrected chi connectivity index (χ2v) is 6.95. The van der Waals surface area contributed by atoms with Gasteiger partial charge in [0.15, 0.2) is 5.96 Å². The topological polar surface area (TPSA) is 56.7 Å². The zero-order valence-electron chi connectivity index (χ0n) is 15.2. The van der Waals surface area contributed by atoms with Crippen molar-refractivity contribution >= 4 is 23.5 Å². The first-order valence-electron chi connectivity index (χ1n) is 9.04. The lowest BCUT2D eigenvalue weighted by atomic mass is 9.89. The highest BCUT2D eigenvalue weighted by atomic mass is 35.5. The van der Waals surface area contributed by atoms with Gasteiger partial charge >= 0.3 is 0 Å². The van der Waals surface area contributed by atoms with Crippen molar-refractivity contribution < 1.29 is 4.79 Å². The summed E-state index contributed by atoms with van der Waals surface area (Å²) in [6, 6.07) is 7.80. The van der Waals surface area contributed by atoms with E-state index in [1.54, 1.807) is 7.05 Å². The van der Waals surface area contributed by atoms with Gasteiger partial charge in [0.25, 0.3) is 0 Å². The van der Waals surface area contributed by atoms with Crippen molar-refractivity contribution in [2.75, 3.05) is 27.2 Å². The minimum Gasteiger partial charge on any atom is -0.354 e. The van der Waals surface area contributed by atoms with Gasteiger partial charge in [-0.2, -0.15) is 0 Å².